The maximum atomic E-state index is 10.3. The molecule has 1 fully saturated rings. The van der Waals surface area contributed by atoms with Crippen LogP contribution < -0.4 is 5.32 Å². The number of aliphatic hydroxyl groups is 1. The highest BCUT2D eigenvalue weighted by Crippen LogP contribution is 2.20. The first-order valence-corrected chi connectivity index (χ1v) is 4.94. The van der Waals surface area contributed by atoms with E-state index in [1.54, 1.807) is 0 Å². The number of nitrogens with one attached hydrogen (secondary N) is 1. The molecule has 0 atom stereocenters. The molecule has 1 saturated carbocycles. The fourth-order valence-electron chi connectivity index (χ4n) is 1.77. The van der Waals surface area contributed by atoms with E-state index in [0.717, 1.165) is 25.7 Å². The molecule has 14 heavy (non-hydrogen) atoms. The van der Waals surface area contributed by atoms with Crippen LogP contribution in [0.1, 0.15) is 25.7 Å². The third-order valence-electron chi connectivity index (χ3n) is 2.45. The Labute approximate surface area is 83.1 Å². The van der Waals surface area contributed by atoms with Gasteiger partial charge >= 0.3 is 6.09 Å². The first-order chi connectivity index (χ1) is 6.72. The van der Waals surface area contributed by atoms with Gasteiger partial charge in [-0.3, -0.25) is 0 Å². The van der Waals surface area contributed by atoms with Crippen molar-refractivity contribution < 1.29 is 19.7 Å². The molecule has 3 N–H and O–H groups in total. The zero-order valence-electron chi connectivity index (χ0n) is 8.11. The SMILES string of the molecule is O=C(O)NC1CCC(OCCO)CC1. The van der Waals surface area contributed by atoms with Crippen LogP contribution in [0.4, 0.5) is 4.79 Å². The molecule has 5 heteroatoms. The lowest BCUT2D eigenvalue weighted by atomic mass is 9.93. The van der Waals surface area contributed by atoms with Crippen LogP contribution in [-0.4, -0.2) is 41.7 Å². The highest BCUT2D eigenvalue weighted by Gasteiger charge is 2.22. The maximum absolute atomic E-state index is 10.3. The number of aliphatic hydroxyl groups excluding tert-OH is 1. The quantitative estimate of drug-likeness (QED) is 0.624. The number of rotatable bonds is 4. The molecule has 1 rings (SSSR count). The average Bonchev–Trinajstić information content (AvgIpc) is 2.16. The fourth-order valence-corrected chi connectivity index (χ4v) is 1.77. The smallest absolute Gasteiger partial charge is 0.404 e. The summed E-state index contributed by atoms with van der Waals surface area (Å²) in [6.07, 6.45) is 2.61. The van der Waals surface area contributed by atoms with Crippen molar-refractivity contribution in [2.75, 3.05) is 13.2 Å². The second-order valence-corrected chi connectivity index (χ2v) is 3.52. The second kappa shape index (κ2) is 5.82. The summed E-state index contributed by atoms with van der Waals surface area (Å²) in [5.41, 5.74) is 0. The van der Waals surface area contributed by atoms with E-state index in [1.165, 1.54) is 0 Å². The Balaban J connectivity index is 2.14. The van der Waals surface area contributed by atoms with Crippen molar-refractivity contribution in [2.24, 2.45) is 0 Å². The Kier molecular flexibility index (Phi) is 4.69. The maximum Gasteiger partial charge on any atom is 0.404 e. The van der Waals surface area contributed by atoms with Crippen LogP contribution in [0.2, 0.25) is 0 Å². The summed E-state index contributed by atoms with van der Waals surface area (Å²) in [7, 11) is 0. The van der Waals surface area contributed by atoms with Crippen molar-refractivity contribution in [3.05, 3.63) is 0 Å². The minimum atomic E-state index is -0.954. The lowest BCUT2D eigenvalue weighted by Gasteiger charge is -2.28. The molecular weight excluding hydrogens is 186 g/mol. The van der Waals surface area contributed by atoms with E-state index in [4.69, 9.17) is 14.9 Å². The van der Waals surface area contributed by atoms with Crippen molar-refractivity contribution in [3.8, 4) is 0 Å². The molecule has 0 saturated heterocycles. The van der Waals surface area contributed by atoms with Gasteiger partial charge in [0.15, 0.2) is 0 Å². The summed E-state index contributed by atoms with van der Waals surface area (Å²) in [6.45, 7) is 0.426. The Bertz CT molecular complexity index is 178. The van der Waals surface area contributed by atoms with Gasteiger partial charge in [0.05, 0.1) is 19.3 Å². The van der Waals surface area contributed by atoms with Crippen molar-refractivity contribution >= 4 is 6.09 Å². The number of carboxylic acid groups (broad SMARTS) is 1. The van der Waals surface area contributed by atoms with Crippen LogP contribution in [0.5, 0.6) is 0 Å². The predicted octanol–water partition coefficient (Wildman–Crippen LogP) is 0.574. The number of ether oxygens (including phenoxy) is 1. The van der Waals surface area contributed by atoms with Crippen LogP contribution in [0.3, 0.4) is 0 Å². The topological polar surface area (TPSA) is 78.8 Å². The van der Waals surface area contributed by atoms with Crippen LogP contribution in [0.25, 0.3) is 0 Å². The van der Waals surface area contributed by atoms with E-state index < -0.39 is 6.09 Å². The van der Waals surface area contributed by atoms with E-state index >= 15 is 0 Å². The molecule has 0 aromatic rings. The van der Waals surface area contributed by atoms with Gasteiger partial charge in [-0.1, -0.05) is 0 Å². The van der Waals surface area contributed by atoms with Crippen molar-refractivity contribution in [2.45, 2.75) is 37.8 Å². The summed E-state index contributed by atoms with van der Waals surface area (Å²) in [5, 5.41) is 19.5. The van der Waals surface area contributed by atoms with Crippen LogP contribution in [-0.2, 0) is 4.74 Å². The summed E-state index contributed by atoms with van der Waals surface area (Å²) in [5.74, 6) is 0. The van der Waals surface area contributed by atoms with Crippen molar-refractivity contribution in [1.82, 2.24) is 5.32 Å². The summed E-state index contributed by atoms with van der Waals surface area (Å²) in [4.78, 5) is 10.3. The van der Waals surface area contributed by atoms with Gasteiger partial charge < -0.3 is 20.3 Å². The van der Waals surface area contributed by atoms with E-state index in [9.17, 15) is 4.79 Å². The van der Waals surface area contributed by atoms with E-state index in [0.29, 0.717) is 6.61 Å². The van der Waals surface area contributed by atoms with Crippen molar-refractivity contribution in [3.63, 3.8) is 0 Å². The molecule has 1 aliphatic carbocycles. The van der Waals surface area contributed by atoms with Gasteiger partial charge in [-0.05, 0) is 25.7 Å². The molecule has 82 valence electrons. The molecule has 1 amide bonds. The molecule has 0 aromatic heterocycles. The summed E-state index contributed by atoms with van der Waals surface area (Å²) >= 11 is 0. The Hall–Kier alpha value is -0.810. The molecule has 5 nitrogen and oxygen atoms in total. The van der Waals surface area contributed by atoms with Gasteiger partial charge in [0.1, 0.15) is 0 Å². The van der Waals surface area contributed by atoms with Crippen LogP contribution in [0.15, 0.2) is 0 Å². The van der Waals surface area contributed by atoms with E-state index in [1.807, 2.05) is 0 Å². The fraction of sp³-hybridized carbons (Fsp3) is 0.889. The van der Waals surface area contributed by atoms with E-state index in [2.05, 4.69) is 5.32 Å². The molecular formula is C9H17NO4. The van der Waals surface area contributed by atoms with Gasteiger partial charge in [0.2, 0.25) is 0 Å². The third kappa shape index (κ3) is 3.93. The number of hydrogen-bond acceptors (Lipinski definition) is 3. The average molecular weight is 203 g/mol. The Morgan fingerprint density at radius 3 is 2.50 bits per heavy atom. The lowest BCUT2D eigenvalue weighted by Crippen LogP contribution is -2.38. The minimum Gasteiger partial charge on any atom is -0.465 e. The van der Waals surface area contributed by atoms with Gasteiger partial charge in [0, 0.05) is 6.04 Å². The second-order valence-electron chi connectivity index (χ2n) is 3.52. The first-order valence-electron chi connectivity index (χ1n) is 4.94. The number of hydrogen-bond donors (Lipinski definition) is 3. The molecule has 0 bridgehead atoms. The van der Waals surface area contributed by atoms with E-state index in [-0.39, 0.29) is 18.8 Å². The largest absolute Gasteiger partial charge is 0.465 e. The Morgan fingerprint density at radius 1 is 1.36 bits per heavy atom. The molecule has 0 aromatic carbocycles. The molecule has 0 radical (unpaired) electrons. The van der Waals surface area contributed by atoms with Gasteiger partial charge in [-0.25, -0.2) is 4.79 Å². The first kappa shape index (κ1) is 11.3. The molecule has 0 aliphatic heterocycles. The van der Waals surface area contributed by atoms with Gasteiger partial charge in [0.25, 0.3) is 0 Å². The van der Waals surface area contributed by atoms with Crippen LogP contribution in [0, 0.1) is 0 Å². The molecule has 0 spiro atoms. The molecule has 1 aliphatic rings. The Morgan fingerprint density at radius 2 is 2.00 bits per heavy atom. The lowest BCUT2D eigenvalue weighted by molar-refractivity contribution is 0.00435. The number of carbonyl (C=O) groups is 1. The summed E-state index contributed by atoms with van der Waals surface area (Å²) < 4.78 is 5.36. The molecule has 0 unspecified atom stereocenters. The summed E-state index contributed by atoms with van der Waals surface area (Å²) in [6, 6.07) is 0.0708. The predicted molar refractivity (Wildman–Crippen MR) is 50.2 cm³/mol. The minimum absolute atomic E-state index is 0.0489. The highest BCUT2D eigenvalue weighted by atomic mass is 16.5. The third-order valence-corrected chi connectivity index (χ3v) is 2.45. The standard InChI is InChI=1S/C9H17NO4/c11-5-6-14-8-3-1-7(2-4-8)10-9(12)13/h7-8,10-11H,1-6H2,(H,12,13). The highest BCUT2D eigenvalue weighted by molar-refractivity contribution is 5.64. The molecule has 0 heterocycles. The van der Waals surface area contributed by atoms with Gasteiger partial charge in [-0.2, -0.15) is 0 Å². The van der Waals surface area contributed by atoms with Crippen LogP contribution >= 0.6 is 0 Å². The zero-order chi connectivity index (χ0) is 10.4. The monoisotopic (exact) mass is 203 g/mol. The number of amides is 1. The van der Waals surface area contributed by atoms with Gasteiger partial charge in [-0.15, -0.1) is 0 Å². The zero-order valence-corrected chi connectivity index (χ0v) is 8.11. The normalized spacial score (nSPS) is 27.2. The van der Waals surface area contributed by atoms with Crippen molar-refractivity contribution in [1.29, 1.82) is 0 Å².